The number of nitrogens with two attached hydrogens (primary N) is 1. The maximum Gasteiger partial charge on any atom is 0.256 e. The average Bonchev–Trinajstić information content (AvgIpc) is 2.84. The lowest BCUT2D eigenvalue weighted by Gasteiger charge is -2.01. The van der Waals surface area contributed by atoms with Crippen molar-refractivity contribution in [2.45, 2.75) is 6.54 Å². The summed E-state index contributed by atoms with van der Waals surface area (Å²) < 4.78 is 1.67. The first kappa shape index (κ1) is 10.2. The maximum atomic E-state index is 11.6. The number of hydrogen-bond donors (Lipinski definition) is 3. The van der Waals surface area contributed by atoms with Gasteiger partial charge in [-0.1, -0.05) is 0 Å². The van der Waals surface area contributed by atoms with E-state index in [1.165, 1.54) is 6.20 Å². The summed E-state index contributed by atoms with van der Waals surface area (Å²) in [6, 6.07) is 0. The normalized spacial score (nSPS) is 10.3. The van der Waals surface area contributed by atoms with Crippen LogP contribution in [-0.2, 0) is 13.6 Å². The number of rotatable bonds is 3. The quantitative estimate of drug-likeness (QED) is 0.658. The Morgan fingerprint density at radius 3 is 3.00 bits per heavy atom. The molecular weight excluding hydrogens is 208 g/mol. The molecule has 7 nitrogen and oxygen atoms in total. The van der Waals surface area contributed by atoms with E-state index in [-0.39, 0.29) is 11.7 Å². The molecule has 16 heavy (non-hydrogen) atoms. The second kappa shape index (κ2) is 4.05. The highest BCUT2D eigenvalue weighted by atomic mass is 16.1. The topological polar surface area (TPSA) is 102 Å². The van der Waals surface area contributed by atoms with Crippen LogP contribution in [0.15, 0.2) is 18.6 Å². The Labute approximate surface area is 91.6 Å². The Morgan fingerprint density at radius 2 is 2.44 bits per heavy atom. The van der Waals surface area contributed by atoms with Crippen molar-refractivity contribution in [3.63, 3.8) is 0 Å². The summed E-state index contributed by atoms with van der Waals surface area (Å²) in [7, 11) is 1.82. The zero-order chi connectivity index (χ0) is 11.5. The third-order valence-corrected chi connectivity index (χ3v) is 2.12. The highest BCUT2D eigenvalue weighted by Gasteiger charge is 2.10. The van der Waals surface area contributed by atoms with Gasteiger partial charge in [-0.05, 0) is 0 Å². The van der Waals surface area contributed by atoms with Crippen LogP contribution >= 0.6 is 0 Å². The zero-order valence-electron chi connectivity index (χ0n) is 8.77. The van der Waals surface area contributed by atoms with E-state index >= 15 is 0 Å². The number of amides is 1. The lowest BCUT2D eigenvalue weighted by Crippen LogP contribution is -2.23. The smallest absolute Gasteiger partial charge is 0.256 e. The number of aromatic nitrogens is 4. The van der Waals surface area contributed by atoms with Crippen LogP contribution in [0, 0.1) is 0 Å². The van der Waals surface area contributed by atoms with Crippen LogP contribution in [0.25, 0.3) is 0 Å². The zero-order valence-corrected chi connectivity index (χ0v) is 8.77. The van der Waals surface area contributed by atoms with Crippen molar-refractivity contribution in [2.75, 3.05) is 5.73 Å². The van der Waals surface area contributed by atoms with Crippen LogP contribution in [0.1, 0.15) is 15.9 Å². The molecule has 0 radical (unpaired) electrons. The fourth-order valence-corrected chi connectivity index (χ4v) is 1.32. The summed E-state index contributed by atoms with van der Waals surface area (Å²) in [6.07, 6.45) is 4.92. The Hall–Kier alpha value is -2.31. The summed E-state index contributed by atoms with van der Waals surface area (Å²) in [5.74, 6) is 0.0128. The Kier molecular flexibility index (Phi) is 2.59. The monoisotopic (exact) mass is 220 g/mol. The first-order valence-corrected chi connectivity index (χ1v) is 4.71. The van der Waals surface area contributed by atoms with E-state index in [0.717, 1.165) is 5.56 Å². The molecule has 0 saturated carbocycles. The minimum Gasteiger partial charge on any atom is -0.383 e. The van der Waals surface area contributed by atoms with Crippen molar-refractivity contribution < 1.29 is 4.79 Å². The van der Waals surface area contributed by atoms with Crippen molar-refractivity contribution >= 4 is 11.7 Å². The number of aryl methyl sites for hydroxylation is 1. The van der Waals surface area contributed by atoms with Crippen LogP contribution < -0.4 is 11.1 Å². The molecule has 0 aromatic carbocycles. The van der Waals surface area contributed by atoms with E-state index in [1.54, 1.807) is 10.9 Å². The van der Waals surface area contributed by atoms with Crippen LogP contribution in [-0.4, -0.2) is 25.9 Å². The second-order valence-electron chi connectivity index (χ2n) is 3.40. The Balaban J connectivity index is 1.96. The third-order valence-electron chi connectivity index (χ3n) is 2.12. The minimum absolute atomic E-state index is 0.255. The standard InChI is InChI=1S/C9H12N6O/c1-15-5-6(3-13-15)2-11-9(16)7-4-12-14-8(7)10/h3-5H,2H2,1H3,(H,11,16)(H3,10,12,14). The number of H-pyrrole nitrogens is 1. The molecule has 0 aliphatic heterocycles. The maximum absolute atomic E-state index is 11.6. The van der Waals surface area contributed by atoms with Gasteiger partial charge >= 0.3 is 0 Å². The van der Waals surface area contributed by atoms with E-state index < -0.39 is 0 Å². The summed E-state index contributed by atoms with van der Waals surface area (Å²) in [4.78, 5) is 11.6. The summed E-state index contributed by atoms with van der Waals surface area (Å²) >= 11 is 0. The first-order chi connectivity index (χ1) is 7.66. The van der Waals surface area contributed by atoms with Gasteiger partial charge in [0.25, 0.3) is 5.91 Å². The summed E-state index contributed by atoms with van der Waals surface area (Å²) in [5, 5.41) is 12.9. The predicted octanol–water partition coefficient (Wildman–Crippen LogP) is -0.345. The van der Waals surface area contributed by atoms with Crippen LogP contribution in [0.2, 0.25) is 0 Å². The number of nitrogens with one attached hydrogen (secondary N) is 2. The number of carbonyl (C=O) groups is 1. The molecule has 2 aromatic rings. The van der Waals surface area contributed by atoms with Gasteiger partial charge in [-0.2, -0.15) is 10.2 Å². The lowest BCUT2D eigenvalue weighted by atomic mass is 10.3. The average molecular weight is 220 g/mol. The largest absolute Gasteiger partial charge is 0.383 e. The predicted molar refractivity (Wildman–Crippen MR) is 57.4 cm³/mol. The number of anilines is 1. The van der Waals surface area contributed by atoms with E-state index in [1.807, 2.05) is 13.2 Å². The molecule has 0 unspecified atom stereocenters. The molecule has 1 amide bonds. The minimum atomic E-state index is -0.255. The SMILES string of the molecule is Cn1cc(CNC(=O)c2cn[nH]c2N)cn1. The van der Waals surface area contributed by atoms with Gasteiger partial charge in [-0.15, -0.1) is 0 Å². The third kappa shape index (κ3) is 2.02. The molecule has 2 rings (SSSR count). The number of nitrogen functional groups attached to an aromatic ring is 1. The molecule has 0 saturated heterocycles. The first-order valence-electron chi connectivity index (χ1n) is 4.71. The molecular formula is C9H12N6O. The van der Waals surface area contributed by atoms with Crippen molar-refractivity contribution in [2.24, 2.45) is 7.05 Å². The van der Waals surface area contributed by atoms with E-state index in [0.29, 0.717) is 12.1 Å². The molecule has 84 valence electrons. The number of aromatic amines is 1. The summed E-state index contributed by atoms with van der Waals surface area (Å²) in [6.45, 7) is 0.414. The highest BCUT2D eigenvalue weighted by Crippen LogP contribution is 2.05. The van der Waals surface area contributed by atoms with Gasteiger partial charge in [0.05, 0.1) is 12.4 Å². The van der Waals surface area contributed by atoms with E-state index in [2.05, 4.69) is 20.6 Å². The second-order valence-corrected chi connectivity index (χ2v) is 3.40. The van der Waals surface area contributed by atoms with Gasteiger partial charge in [0, 0.05) is 25.4 Å². The Bertz CT molecular complexity index is 500. The molecule has 0 spiro atoms. The van der Waals surface area contributed by atoms with Crippen molar-refractivity contribution in [1.29, 1.82) is 0 Å². The number of nitrogens with zero attached hydrogens (tertiary/aromatic N) is 3. The van der Waals surface area contributed by atoms with Gasteiger partial charge in [0.1, 0.15) is 11.4 Å². The molecule has 0 aliphatic carbocycles. The molecule has 4 N–H and O–H groups in total. The molecule has 0 fully saturated rings. The van der Waals surface area contributed by atoms with Crippen LogP contribution in [0.4, 0.5) is 5.82 Å². The number of carbonyl (C=O) groups excluding carboxylic acids is 1. The molecule has 0 bridgehead atoms. The number of hydrogen-bond acceptors (Lipinski definition) is 4. The molecule has 7 heteroatoms. The van der Waals surface area contributed by atoms with E-state index in [4.69, 9.17) is 5.73 Å². The van der Waals surface area contributed by atoms with Crippen molar-refractivity contribution in [3.8, 4) is 0 Å². The van der Waals surface area contributed by atoms with Gasteiger partial charge in [-0.25, -0.2) is 0 Å². The van der Waals surface area contributed by atoms with Crippen LogP contribution in [0.5, 0.6) is 0 Å². The lowest BCUT2D eigenvalue weighted by molar-refractivity contribution is 0.0952. The fourth-order valence-electron chi connectivity index (χ4n) is 1.32. The van der Waals surface area contributed by atoms with Gasteiger partial charge in [0.2, 0.25) is 0 Å². The molecule has 2 aromatic heterocycles. The molecule has 0 aliphatic rings. The van der Waals surface area contributed by atoms with E-state index in [9.17, 15) is 4.79 Å². The van der Waals surface area contributed by atoms with Gasteiger partial charge in [0.15, 0.2) is 0 Å². The van der Waals surface area contributed by atoms with Gasteiger partial charge in [-0.3, -0.25) is 14.6 Å². The van der Waals surface area contributed by atoms with Crippen LogP contribution in [0.3, 0.4) is 0 Å². The summed E-state index contributed by atoms with van der Waals surface area (Å²) in [5.41, 5.74) is 6.80. The molecule has 2 heterocycles. The van der Waals surface area contributed by atoms with Gasteiger partial charge < -0.3 is 11.1 Å². The highest BCUT2D eigenvalue weighted by molar-refractivity contribution is 5.97. The van der Waals surface area contributed by atoms with Crippen molar-refractivity contribution in [3.05, 3.63) is 29.7 Å². The molecule has 0 atom stereocenters. The fraction of sp³-hybridized carbons (Fsp3) is 0.222. The van der Waals surface area contributed by atoms with Crippen molar-refractivity contribution in [1.82, 2.24) is 25.3 Å². The Morgan fingerprint density at radius 1 is 1.62 bits per heavy atom.